The molecule has 1 rings (SSSR count). The van der Waals surface area contributed by atoms with Gasteiger partial charge in [-0.3, -0.25) is 0 Å². The average molecular weight is 198 g/mol. The molecule has 0 spiro atoms. The summed E-state index contributed by atoms with van der Waals surface area (Å²) in [7, 11) is 0. The molecule has 0 unspecified atom stereocenters. The van der Waals surface area contributed by atoms with E-state index in [1.54, 1.807) is 23.8 Å². The van der Waals surface area contributed by atoms with Crippen molar-refractivity contribution in [1.29, 1.82) is 0 Å². The van der Waals surface area contributed by atoms with Crippen LogP contribution in [-0.4, -0.2) is 5.91 Å². The predicted octanol–water partition coefficient (Wildman–Crippen LogP) is -1.63. The van der Waals surface area contributed by atoms with Gasteiger partial charge in [0.05, 0.1) is 13.3 Å². The van der Waals surface area contributed by atoms with Crippen LogP contribution in [0.4, 0.5) is 0 Å². The van der Waals surface area contributed by atoms with Crippen LogP contribution in [0.25, 0.3) is 0 Å². The van der Waals surface area contributed by atoms with E-state index in [4.69, 9.17) is 0 Å². The fourth-order valence-corrected chi connectivity index (χ4v) is 1.10. The minimum Gasteiger partial charge on any atom is -1.00 e. The molecule has 3 heteroatoms. The summed E-state index contributed by atoms with van der Waals surface area (Å²) in [6.07, 6.45) is 4.27. The molecule has 1 aromatic heterocycles. The molecule has 13 heavy (non-hydrogen) atoms. The van der Waals surface area contributed by atoms with Crippen LogP contribution in [0.2, 0.25) is 0 Å². The fraction of sp³-hybridized carbons (Fsp3) is 0.200. The summed E-state index contributed by atoms with van der Waals surface area (Å²) in [5.74, 6) is 0.0347. The van der Waals surface area contributed by atoms with Gasteiger partial charge in [-0.2, -0.15) is 0 Å². The first-order valence-electron chi connectivity index (χ1n) is 3.87. The number of carbonyl (C=O) groups is 1. The van der Waals surface area contributed by atoms with E-state index in [2.05, 4.69) is 6.58 Å². The molecule has 0 atom stereocenters. The third kappa shape index (κ3) is 2.99. The van der Waals surface area contributed by atoms with Gasteiger partial charge in [0, 0.05) is 12.1 Å². The van der Waals surface area contributed by atoms with Crippen molar-refractivity contribution in [3.8, 4) is 0 Å². The first-order chi connectivity index (χ1) is 5.75. The van der Waals surface area contributed by atoms with E-state index >= 15 is 0 Å². The number of hydrogen-bond donors (Lipinski definition) is 0. The van der Waals surface area contributed by atoms with E-state index in [-0.39, 0.29) is 18.3 Å². The van der Waals surface area contributed by atoms with Crippen LogP contribution in [0.5, 0.6) is 0 Å². The molecule has 70 valence electrons. The summed E-state index contributed by atoms with van der Waals surface area (Å²) in [5.41, 5.74) is 0.972. The van der Waals surface area contributed by atoms with Crippen LogP contribution >= 0.6 is 0 Å². The summed E-state index contributed by atoms with van der Waals surface area (Å²) in [4.78, 5) is 11.1. The number of allylic oxidation sites excluding steroid dienone is 1. The second-order valence-corrected chi connectivity index (χ2v) is 2.57. The molecule has 2 nitrogen and oxygen atoms in total. The van der Waals surface area contributed by atoms with Crippen molar-refractivity contribution in [3.63, 3.8) is 0 Å². The van der Waals surface area contributed by atoms with Crippen LogP contribution in [-0.2, 0) is 6.42 Å². The highest BCUT2D eigenvalue weighted by molar-refractivity contribution is 5.63. The van der Waals surface area contributed by atoms with Gasteiger partial charge in [0.1, 0.15) is 0 Å². The average Bonchev–Trinajstić information content (AvgIpc) is 2.05. The summed E-state index contributed by atoms with van der Waals surface area (Å²) in [5, 5.41) is 0. The van der Waals surface area contributed by atoms with Crippen molar-refractivity contribution in [1.82, 2.24) is 0 Å². The largest absolute Gasteiger partial charge is 1.00 e. The lowest BCUT2D eigenvalue weighted by atomic mass is 10.2. The first kappa shape index (κ1) is 11.8. The number of aromatic nitrogens is 1. The summed E-state index contributed by atoms with van der Waals surface area (Å²) in [6, 6.07) is 5.68. The SMILES string of the molecule is C=CCc1cccc[n+]1C(C)=O.[Cl-]. The van der Waals surface area contributed by atoms with Gasteiger partial charge in [-0.05, 0) is 0 Å². The maximum Gasteiger partial charge on any atom is 0.389 e. The zero-order valence-electron chi connectivity index (χ0n) is 7.53. The Bertz CT molecular complexity index is 310. The van der Waals surface area contributed by atoms with Gasteiger partial charge in [0.15, 0.2) is 11.9 Å². The molecular formula is C10H12ClNO. The minimum absolute atomic E-state index is 0. The van der Waals surface area contributed by atoms with Gasteiger partial charge in [-0.15, -0.1) is 11.1 Å². The van der Waals surface area contributed by atoms with E-state index < -0.39 is 0 Å². The maximum atomic E-state index is 11.1. The Morgan fingerprint density at radius 3 is 2.85 bits per heavy atom. The quantitative estimate of drug-likeness (QED) is 0.412. The van der Waals surface area contributed by atoms with Crippen molar-refractivity contribution >= 4 is 5.91 Å². The van der Waals surface area contributed by atoms with E-state index in [0.717, 1.165) is 12.1 Å². The smallest absolute Gasteiger partial charge is 0.389 e. The Labute approximate surface area is 84.3 Å². The highest BCUT2D eigenvalue weighted by atomic mass is 35.5. The molecule has 0 saturated carbocycles. The first-order valence-corrected chi connectivity index (χ1v) is 3.87. The zero-order chi connectivity index (χ0) is 8.97. The molecule has 0 aromatic carbocycles. The Kier molecular flexibility index (Phi) is 5.00. The second kappa shape index (κ2) is 5.49. The lowest BCUT2D eigenvalue weighted by molar-refractivity contribution is -0.581. The Hall–Kier alpha value is -1.15. The summed E-state index contributed by atoms with van der Waals surface area (Å²) < 4.78 is 1.63. The highest BCUT2D eigenvalue weighted by Gasteiger charge is 2.11. The van der Waals surface area contributed by atoms with Crippen molar-refractivity contribution in [2.75, 3.05) is 0 Å². The van der Waals surface area contributed by atoms with Crippen molar-refractivity contribution in [3.05, 3.63) is 42.7 Å². The van der Waals surface area contributed by atoms with Crippen molar-refractivity contribution < 1.29 is 21.8 Å². The van der Waals surface area contributed by atoms with Gasteiger partial charge in [0.2, 0.25) is 0 Å². The Balaban J connectivity index is 0.00000144. The number of halogens is 1. The zero-order valence-corrected chi connectivity index (χ0v) is 8.29. The summed E-state index contributed by atoms with van der Waals surface area (Å²) in [6.45, 7) is 5.18. The number of carbonyl (C=O) groups excluding carboxylic acids is 1. The van der Waals surface area contributed by atoms with E-state index in [1.807, 2.05) is 18.2 Å². The number of hydrogen-bond acceptors (Lipinski definition) is 1. The van der Waals surface area contributed by atoms with Crippen LogP contribution in [0, 0.1) is 0 Å². The van der Waals surface area contributed by atoms with Gasteiger partial charge < -0.3 is 12.4 Å². The number of pyridine rings is 1. The molecule has 0 radical (unpaired) electrons. The Morgan fingerprint density at radius 1 is 1.62 bits per heavy atom. The van der Waals surface area contributed by atoms with Crippen LogP contribution in [0.3, 0.4) is 0 Å². The van der Waals surface area contributed by atoms with Crippen molar-refractivity contribution in [2.24, 2.45) is 0 Å². The van der Waals surface area contributed by atoms with Crippen molar-refractivity contribution in [2.45, 2.75) is 13.3 Å². The standard InChI is InChI=1S/C10H12NO.ClH/c1-3-6-10-7-4-5-8-11(10)9(2)12;/h3-5,7-8H,1,6H2,2H3;1H/q+1;/p-1. The lowest BCUT2D eigenvalue weighted by Crippen LogP contribution is -3.00. The number of rotatable bonds is 2. The molecule has 0 bridgehead atoms. The lowest BCUT2D eigenvalue weighted by Gasteiger charge is -1.94. The third-order valence-electron chi connectivity index (χ3n) is 1.64. The predicted molar refractivity (Wildman–Crippen MR) is 46.8 cm³/mol. The molecule has 0 saturated heterocycles. The highest BCUT2D eigenvalue weighted by Crippen LogP contribution is 1.92. The topological polar surface area (TPSA) is 20.9 Å². The molecular weight excluding hydrogens is 186 g/mol. The molecule has 0 aliphatic carbocycles. The van der Waals surface area contributed by atoms with Crippen LogP contribution in [0.15, 0.2) is 37.1 Å². The molecule has 1 heterocycles. The van der Waals surface area contributed by atoms with Gasteiger partial charge in [-0.25, -0.2) is 4.79 Å². The van der Waals surface area contributed by atoms with Gasteiger partial charge >= 0.3 is 5.91 Å². The minimum atomic E-state index is 0. The molecule has 0 amide bonds. The van der Waals surface area contributed by atoms with Gasteiger partial charge in [-0.1, -0.05) is 12.1 Å². The summed E-state index contributed by atoms with van der Waals surface area (Å²) >= 11 is 0. The molecule has 1 aromatic rings. The fourth-order valence-electron chi connectivity index (χ4n) is 1.10. The van der Waals surface area contributed by atoms with Crippen LogP contribution < -0.4 is 17.0 Å². The van der Waals surface area contributed by atoms with E-state index in [1.165, 1.54) is 0 Å². The molecule has 0 aliphatic rings. The van der Waals surface area contributed by atoms with Gasteiger partial charge in [0.25, 0.3) is 0 Å². The molecule has 0 fully saturated rings. The van der Waals surface area contributed by atoms with Crippen LogP contribution in [0.1, 0.15) is 17.4 Å². The molecule has 0 N–H and O–H groups in total. The Morgan fingerprint density at radius 2 is 2.31 bits per heavy atom. The number of nitrogens with zero attached hydrogens (tertiary/aromatic N) is 1. The monoisotopic (exact) mass is 197 g/mol. The molecule has 0 aliphatic heterocycles. The van der Waals surface area contributed by atoms with E-state index in [9.17, 15) is 4.79 Å². The van der Waals surface area contributed by atoms with E-state index in [0.29, 0.717) is 0 Å². The maximum absolute atomic E-state index is 11.1. The third-order valence-corrected chi connectivity index (χ3v) is 1.64. The second-order valence-electron chi connectivity index (χ2n) is 2.57. The normalized spacial score (nSPS) is 8.69.